The van der Waals surface area contributed by atoms with E-state index in [1.807, 2.05) is 11.8 Å². The van der Waals surface area contributed by atoms with Gasteiger partial charge in [0.2, 0.25) is 5.91 Å². The van der Waals surface area contributed by atoms with E-state index in [0.717, 1.165) is 25.9 Å². The van der Waals surface area contributed by atoms with Gasteiger partial charge in [-0.05, 0) is 26.2 Å². The smallest absolute Gasteiger partial charge is 0.236 e. The van der Waals surface area contributed by atoms with Crippen LogP contribution < -0.4 is 5.73 Å². The molecule has 1 saturated heterocycles. The average molecular weight is 243 g/mol. The highest BCUT2D eigenvalue weighted by Gasteiger charge is 2.20. The van der Waals surface area contributed by atoms with Crippen LogP contribution in [0.2, 0.25) is 0 Å². The summed E-state index contributed by atoms with van der Waals surface area (Å²) in [6.07, 6.45) is 2.62. The van der Waals surface area contributed by atoms with Gasteiger partial charge in [0.1, 0.15) is 0 Å². The van der Waals surface area contributed by atoms with Gasteiger partial charge in [-0.15, -0.1) is 0 Å². The number of nitrogens with zero attached hydrogens (tertiary/aromatic N) is 2. The summed E-state index contributed by atoms with van der Waals surface area (Å²) in [5.74, 6) is 0.163. The topological polar surface area (TPSA) is 69.8 Å². The maximum atomic E-state index is 12.0. The zero-order chi connectivity index (χ0) is 12.7. The number of hydrogen-bond acceptors (Lipinski definition) is 4. The van der Waals surface area contributed by atoms with Crippen LogP contribution in [-0.2, 0) is 4.79 Å². The number of rotatable bonds is 6. The molecule has 1 aliphatic heterocycles. The van der Waals surface area contributed by atoms with E-state index in [0.29, 0.717) is 32.1 Å². The molecule has 0 spiro atoms. The van der Waals surface area contributed by atoms with Crippen molar-refractivity contribution >= 4 is 5.91 Å². The number of carbonyl (C=O) groups excluding carboxylic acids is 1. The Labute approximate surface area is 104 Å². The lowest BCUT2D eigenvalue weighted by Gasteiger charge is -2.31. The zero-order valence-electron chi connectivity index (χ0n) is 10.8. The van der Waals surface area contributed by atoms with Crippen LogP contribution in [-0.4, -0.2) is 66.2 Å². The summed E-state index contributed by atoms with van der Waals surface area (Å²) in [5.41, 5.74) is 5.83. The Hall–Kier alpha value is -0.650. The van der Waals surface area contributed by atoms with E-state index in [-0.39, 0.29) is 12.5 Å². The molecule has 100 valence electrons. The van der Waals surface area contributed by atoms with Crippen LogP contribution in [0.25, 0.3) is 0 Å². The number of carbonyl (C=O) groups is 1. The summed E-state index contributed by atoms with van der Waals surface area (Å²) < 4.78 is 0. The van der Waals surface area contributed by atoms with Crippen LogP contribution in [0.15, 0.2) is 0 Å². The lowest BCUT2D eigenvalue weighted by molar-refractivity contribution is -0.132. The van der Waals surface area contributed by atoms with Crippen LogP contribution in [0.5, 0.6) is 0 Å². The van der Waals surface area contributed by atoms with Crippen molar-refractivity contribution in [3.63, 3.8) is 0 Å². The Bertz CT molecular complexity index is 228. The van der Waals surface area contributed by atoms with E-state index in [9.17, 15) is 4.79 Å². The predicted molar refractivity (Wildman–Crippen MR) is 67.6 cm³/mol. The fraction of sp³-hybridized carbons (Fsp3) is 0.917. The minimum atomic E-state index is 0.141. The second-order valence-corrected chi connectivity index (χ2v) is 4.66. The first kappa shape index (κ1) is 14.4. The lowest BCUT2D eigenvalue weighted by Crippen LogP contribution is -2.46. The van der Waals surface area contributed by atoms with E-state index in [4.69, 9.17) is 10.8 Å². The van der Waals surface area contributed by atoms with Crippen LogP contribution in [0.1, 0.15) is 26.2 Å². The molecule has 1 aliphatic rings. The predicted octanol–water partition coefficient (Wildman–Crippen LogP) is -0.360. The monoisotopic (exact) mass is 243 g/mol. The van der Waals surface area contributed by atoms with Gasteiger partial charge in [-0.2, -0.15) is 0 Å². The Morgan fingerprint density at radius 1 is 1.47 bits per heavy atom. The summed E-state index contributed by atoms with van der Waals surface area (Å²) >= 11 is 0. The third-order valence-corrected chi connectivity index (χ3v) is 3.31. The second kappa shape index (κ2) is 7.63. The second-order valence-electron chi connectivity index (χ2n) is 4.66. The highest BCUT2D eigenvalue weighted by molar-refractivity contribution is 5.78. The molecule has 1 rings (SSSR count). The van der Waals surface area contributed by atoms with Gasteiger partial charge < -0.3 is 15.7 Å². The minimum Gasteiger partial charge on any atom is -0.396 e. The van der Waals surface area contributed by atoms with Crippen LogP contribution >= 0.6 is 0 Å². The molecular weight excluding hydrogens is 218 g/mol. The van der Waals surface area contributed by atoms with Gasteiger partial charge in [-0.25, -0.2) is 0 Å². The largest absolute Gasteiger partial charge is 0.396 e. The standard InChI is InChI=1S/C12H25N3O2/c1-2-15(6-3-9-16)12(17)10-14-7-4-11(13)5-8-14/h11,16H,2-10,13H2,1H3. The van der Waals surface area contributed by atoms with E-state index in [1.165, 1.54) is 0 Å². The first-order valence-electron chi connectivity index (χ1n) is 6.54. The molecule has 0 aromatic heterocycles. The highest BCUT2D eigenvalue weighted by Crippen LogP contribution is 2.08. The summed E-state index contributed by atoms with van der Waals surface area (Å²) in [4.78, 5) is 16.0. The van der Waals surface area contributed by atoms with Crippen molar-refractivity contribution in [1.29, 1.82) is 0 Å². The SMILES string of the molecule is CCN(CCCO)C(=O)CN1CCC(N)CC1. The normalized spacial score (nSPS) is 18.3. The van der Waals surface area contributed by atoms with Gasteiger partial charge in [0.25, 0.3) is 0 Å². The molecule has 0 atom stereocenters. The molecule has 5 heteroatoms. The number of aliphatic hydroxyl groups excluding tert-OH is 1. The molecule has 0 bridgehead atoms. The van der Waals surface area contributed by atoms with Gasteiger partial charge in [0.05, 0.1) is 6.54 Å². The van der Waals surface area contributed by atoms with Crippen molar-refractivity contribution in [3.05, 3.63) is 0 Å². The number of aliphatic hydroxyl groups is 1. The maximum Gasteiger partial charge on any atom is 0.236 e. The third kappa shape index (κ3) is 5.02. The number of piperidine rings is 1. The molecule has 0 aliphatic carbocycles. The van der Waals surface area contributed by atoms with Crippen molar-refractivity contribution in [2.24, 2.45) is 5.73 Å². The number of likely N-dealkylation sites (N-methyl/N-ethyl adjacent to an activating group) is 1. The summed E-state index contributed by atoms with van der Waals surface area (Å²) in [6.45, 7) is 5.82. The lowest BCUT2D eigenvalue weighted by atomic mass is 10.1. The molecule has 1 heterocycles. The molecule has 0 saturated carbocycles. The van der Waals surface area contributed by atoms with Gasteiger partial charge in [-0.3, -0.25) is 9.69 Å². The van der Waals surface area contributed by atoms with Crippen molar-refractivity contribution in [1.82, 2.24) is 9.80 Å². The van der Waals surface area contributed by atoms with Gasteiger partial charge in [-0.1, -0.05) is 0 Å². The van der Waals surface area contributed by atoms with Gasteiger partial charge >= 0.3 is 0 Å². The number of likely N-dealkylation sites (tertiary alicyclic amines) is 1. The molecule has 0 aromatic carbocycles. The van der Waals surface area contributed by atoms with Crippen LogP contribution in [0.4, 0.5) is 0 Å². The number of hydrogen-bond donors (Lipinski definition) is 2. The van der Waals surface area contributed by atoms with Crippen molar-refractivity contribution in [3.8, 4) is 0 Å². The van der Waals surface area contributed by atoms with Crippen LogP contribution in [0, 0.1) is 0 Å². The Balaban J connectivity index is 2.31. The molecule has 1 fully saturated rings. The third-order valence-electron chi connectivity index (χ3n) is 3.31. The first-order chi connectivity index (χ1) is 8.17. The van der Waals surface area contributed by atoms with E-state index < -0.39 is 0 Å². The van der Waals surface area contributed by atoms with Crippen LogP contribution in [0.3, 0.4) is 0 Å². The maximum absolute atomic E-state index is 12.0. The molecular formula is C12H25N3O2. The molecule has 0 aromatic rings. The molecule has 0 radical (unpaired) electrons. The van der Waals surface area contributed by atoms with Crippen molar-refractivity contribution in [2.45, 2.75) is 32.2 Å². The average Bonchev–Trinajstić information content (AvgIpc) is 2.33. The van der Waals surface area contributed by atoms with Crippen molar-refractivity contribution in [2.75, 3.05) is 39.3 Å². The van der Waals surface area contributed by atoms with Gasteiger partial charge in [0, 0.05) is 38.8 Å². The van der Waals surface area contributed by atoms with E-state index >= 15 is 0 Å². The molecule has 1 amide bonds. The Kier molecular flexibility index (Phi) is 6.47. The Morgan fingerprint density at radius 3 is 2.65 bits per heavy atom. The number of amides is 1. The van der Waals surface area contributed by atoms with E-state index in [1.54, 1.807) is 0 Å². The molecule has 0 unspecified atom stereocenters. The Morgan fingerprint density at radius 2 is 2.12 bits per heavy atom. The minimum absolute atomic E-state index is 0.141. The summed E-state index contributed by atoms with van der Waals surface area (Å²) in [7, 11) is 0. The summed E-state index contributed by atoms with van der Waals surface area (Å²) in [5, 5.41) is 8.78. The zero-order valence-corrected chi connectivity index (χ0v) is 10.8. The number of nitrogens with two attached hydrogens (primary N) is 1. The van der Waals surface area contributed by atoms with E-state index in [2.05, 4.69) is 4.90 Å². The molecule has 17 heavy (non-hydrogen) atoms. The highest BCUT2D eigenvalue weighted by atomic mass is 16.3. The fourth-order valence-electron chi connectivity index (χ4n) is 2.12. The van der Waals surface area contributed by atoms with Crippen molar-refractivity contribution < 1.29 is 9.90 Å². The molecule has 5 nitrogen and oxygen atoms in total. The fourth-order valence-corrected chi connectivity index (χ4v) is 2.12. The van der Waals surface area contributed by atoms with Gasteiger partial charge in [0.15, 0.2) is 0 Å². The summed E-state index contributed by atoms with van der Waals surface area (Å²) in [6, 6.07) is 0.304. The first-order valence-corrected chi connectivity index (χ1v) is 6.54. The quantitative estimate of drug-likeness (QED) is 0.668. The molecule has 3 N–H and O–H groups in total.